The lowest BCUT2D eigenvalue weighted by atomic mass is 10.1. The quantitative estimate of drug-likeness (QED) is 0.845. The molecule has 0 aliphatic rings. The number of carbonyl (C=O) groups is 1. The van der Waals surface area contributed by atoms with Crippen molar-refractivity contribution in [1.82, 2.24) is 0 Å². The molecule has 0 aromatic heterocycles. The first-order chi connectivity index (χ1) is 8.83. The maximum atomic E-state index is 14.0. The standard InChI is InChI=1S/C13H17ClFNO3/c1-5-19-12(17)13(2,3)16-8-6-7-9(18-4)10(14)11(8)15/h6-7,16H,5H2,1-4H3. The summed E-state index contributed by atoms with van der Waals surface area (Å²) in [7, 11) is 1.40. The number of hydrogen-bond acceptors (Lipinski definition) is 4. The third-order valence-corrected chi connectivity index (χ3v) is 2.85. The molecule has 0 saturated carbocycles. The Bertz CT molecular complexity index is 477. The van der Waals surface area contributed by atoms with Crippen molar-refractivity contribution in [3.63, 3.8) is 0 Å². The fourth-order valence-electron chi connectivity index (χ4n) is 1.49. The van der Waals surface area contributed by atoms with Gasteiger partial charge in [0.1, 0.15) is 16.3 Å². The fraction of sp³-hybridized carbons (Fsp3) is 0.462. The van der Waals surface area contributed by atoms with Crippen molar-refractivity contribution in [2.75, 3.05) is 19.0 Å². The highest BCUT2D eigenvalue weighted by Gasteiger charge is 2.30. The number of anilines is 1. The van der Waals surface area contributed by atoms with Gasteiger partial charge in [-0.1, -0.05) is 11.6 Å². The maximum Gasteiger partial charge on any atom is 0.331 e. The summed E-state index contributed by atoms with van der Waals surface area (Å²) < 4.78 is 23.8. The molecule has 0 aliphatic heterocycles. The molecule has 1 aromatic carbocycles. The zero-order chi connectivity index (χ0) is 14.6. The van der Waals surface area contributed by atoms with Crippen molar-refractivity contribution in [3.05, 3.63) is 23.0 Å². The summed E-state index contributed by atoms with van der Waals surface area (Å²) in [5.74, 6) is -0.904. The van der Waals surface area contributed by atoms with Crippen molar-refractivity contribution >= 4 is 23.3 Å². The van der Waals surface area contributed by atoms with Gasteiger partial charge in [-0.2, -0.15) is 0 Å². The molecule has 0 heterocycles. The highest BCUT2D eigenvalue weighted by atomic mass is 35.5. The zero-order valence-electron chi connectivity index (χ0n) is 11.3. The van der Waals surface area contributed by atoms with E-state index in [9.17, 15) is 9.18 Å². The molecule has 0 unspecified atom stereocenters. The molecule has 4 nitrogen and oxygen atoms in total. The predicted molar refractivity (Wildman–Crippen MR) is 72.3 cm³/mol. The second-order valence-corrected chi connectivity index (χ2v) is 4.79. The molecular weight excluding hydrogens is 273 g/mol. The van der Waals surface area contributed by atoms with Crippen LogP contribution in [-0.2, 0) is 9.53 Å². The Hall–Kier alpha value is -1.49. The fourth-order valence-corrected chi connectivity index (χ4v) is 1.73. The lowest BCUT2D eigenvalue weighted by molar-refractivity contribution is -0.147. The predicted octanol–water partition coefficient (Wildman–Crippen LogP) is 3.24. The smallest absolute Gasteiger partial charge is 0.331 e. The second kappa shape index (κ2) is 6.10. The van der Waals surface area contributed by atoms with Crippen molar-refractivity contribution in [2.45, 2.75) is 26.3 Å². The minimum atomic E-state index is -1.06. The number of ether oxygens (including phenoxy) is 2. The van der Waals surface area contributed by atoms with Gasteiger partial charge in [-0.3, -0.25) is 0 Å². The van der Waals surface area contributed by atoms with E-state index in [-0.39, 0.29) is 23.1 Å². The van der Waals surface area contributed by atoms with Crippen LogP contribution >= 0.6 is 11.6 Å². The van der Waals surface area contributed by atoms with Gasteiger partial charge < -0.3 is 14.8 Å². The number of hydrogen-bond donors (Lipinski definition) is 1. The van der Waals surface area contributed by atoms with Crippen molar-refractivity contribution in [2.24, 2.45) is 0 Å². The number of benzene rings is 1. The van der Waals surface area contributed by atoms with Crippen LogP contribution in [0.5, 0.6) is 5.75 Å². The first kappa shape index (κ1) is 15.6. The Morgan fingerprint density at radius 2 is 2.11 bits per heavy atom. The van der Waals surface area contributed by atoms with Gasteiger partial charge in [0.25, 0.3) is 0 Å². The minimum absolute atomic E-state index is 0.115. The van der Waals surface area contributed by atoms with Crippen LogP contribution in [0.2, 0.25) is 5.02 Å². The van der Waals surface area contributed by atoms with Crippen molar-refractivity contribution in [1.29, 1.82) is 0 Å². The van der Waals surface area contributed by atoms with Crippen LogP contribution in [0.25, 0.3) is 0 Å². The molecule has 1 N–H and O–H groups in total. The third-order valence-electron chi connectivity index (χ3n) is 2.50. The molecule has 0 radical (unpaired) electrons. The molecule has 6 heteroatoms. The van der Waals surface area contributed by atoms with Crippen LogP contribution in [0, 0.1) is 5.82 Å². The van der Waals surface area contributed by atoms with E-state index in [0.717, 1.165) is 0 Å². The van der Waals surface area contributed by atoms with Crippen molar-refractivity contribution in [3.8, 4) is 5.75 Å². The monoisotopic (exact) mass is 289 g/mol. The number of esters is 1. The topological polar surface area (TPSA) is 47.6 Å². The van der Waals surface area contributed by atoms with Gasteiger partial charge in [0.05, 0.1) is 19.4 Å². The molecule has 0 bridgehead atoms. The Morgan fingerprint density at radius 3 is 2.63 bits per heavy atom. The number of halogens is 2. The maximum absolute atomic E-state index is 14.0. The molecule has 1 aromatic rings. The summed E-state index contributed by atoms with van der Waals surface area (Å²) in [6, 6.07) is 2.98. The molecule has 0 amide bonds. The van der Waals surface area contributed by atoms with Gasteiger partial charge in [-0.25, -0.2) is 9.18 Å². The van der Waals surface area contributed by atoms with Crippen LogP contribution < -0.4 is 10.1 Å². The van der Waals surface area contributed by atoms with Gasteiger partial charge in [-0.15, -0.1) is 0 Å². The summed E-state index contributed by atoms with van der Waals surface area (Å²) in [6.45, 7) is 5.17. The lowest BCUT2D eigenvalue weighted by Gasteiger charge is -2.25. The average Bonchev–Trinajstić information content (AvgIpc) is 2.35. The molecule has 106 valence electrons. The molecule has 1 rings (SSSR count). The molecule has 0 saturated heterocycles. The van der Waals surface area contributed by atoms with E-state index < -0.39 is 17.3 Å². The minimum Gasteiger partial charge on any atom is -0.495 e. The van der Waals surface area contributed by atoms with Crippen molar-refractivity contribution < 1.29 is 18.7 Å². The first-order valence-electron chi connectivity index (χ1n) is 5.81. The molecule has 0 fully saturated rings. The zero-order valence-corrected chi connectivity index (χ0v) is 12.1. The highest BCUT2D eigenvalue weighted by Crippen LogP contribution is 2.33. The number of rotatable bonds is 5. The molecule has 0 atom stereocenters. The van der Waals surface area contributed by atoms with Gasteiger partial charge in [0.2, 0.25) is 0 Å². The van der Waals surface area contributed by atoms with E-state index in [1.807, 2.05) is 0 Å². The molecule has 19 heavy (non-hydrogen) atoms. The summed E-state index contributed by atoms with van der Waals surface area (Å²) >= 11 is 5.81. The van der Waals surface area contributed by atoms with E-state index in [2.05, 4.69) is 5.32 Å². The summed E-state index contributed by atoms with van der Waals surface area (Å²) in [6.07, 6.45) is 0. The Morgan fingerprint density at radius 1 is 1.47 bits per heavy atom. The third kappa shape index (κ3) is 3.50. The van der Waals surface area contributed by atoms with Crippen LogP contribution in [0.1, 0.15) is 20.8 Å². The summed E-state index contributed by atoms with van der Waals surface area (Å²) in [5, 5.41) is 2.64. The van der Waals surface area contributed by atoms with E-state index in [4.69, 9.17) is 21.1 Å². The van der Waals surface area contributed by atoms with E-state index >= 15 is 0 Å². The van der Waals surface area contributed by atoms with Gasteiger partial charge >= 0.3 is 5.97 Å². The number of methoxy groups -OCH3 is 1. The number of nitrogens with one attached hydrogen (secondary N) is 1. The highest BCUT2D eigenvalue weighted by molar-refractivity contribution is 6.32. The van der Waals surface area contributed by atoms with Crippen LogP contribution in [0.15, 0.2) is 12.1 Å². The Balaban J connectivity index is 3.00. The number of carbonyl (C=O) groups excluding carboxylic acids is 1. The van der Waals surface area contributed by atoms with E-state index in [0.29, 0.717) is 0 Å². The summed E-state index contributed by atoms with van der Waals surface area (Å²) in [4.78, 5) is 11.7. The molecule has 0 aliphatic carbocycles. The Labute approximate surface area is 116 Å². The molecule has 0 spiro atoms. The SMILES string of the molecule is CCOC(=O)C(C)(C)Nc1ccc(OC)c(Cl)c1F. The first-order valence-corrected chi connectivity index (χ1v) is 6.18. The van der Waals surface area contributed by atoms with E-state index in [1.165, 1.54) is 19.2 Å². The largest absolute Gasteiger partial charge is 0.495 e. The summed E-state index contributed by atoms with van der Waals surface area (Å²) in [5.41, 5.74) is -0.946. The van der Waals surface area contributed by atoms with Crippen LogP contribution in [-0.4, -0.2) is 25.2 Å². The average molecular weight is 290 g/mol. The van der Waals surface area contributed by atoms with E-state index in [1.54, 1.807) is 20.8 Å². The Kier molecular flexibility index (Phi) is 5.00. The van der Waals surface area contributed by atoms with Gasteiger partial charge in [-0.05, 0) is 32.9 Å². The normalized spacial score (nSPS) is 11.1. The molecular formula is C13H17ClFNO3. The van der Waals surface area contributed by atoms with Crippen LogP contribution in [0.3, 0.4) is 0 Å². The lowest BCUT2D eigenvalue weighted by Crippen LogP contribution is -2.41. The van der Waals surface area contributed by atoms with Gasteiger partial charge in [0.15, 0.2) is 5.82 Å². The van der Waals surface area contributed by atoms with Crippen LogP contribution in [0.4, 0.5) is 10.1 Å². The second-order valence-electron chi connectivity index (χ2n) is 4.41. The van der Waals surface area contributed by atoms with Gasteiger partial charge in [0, 0.05) is 0 Å².